The molecule has 0 saturated carbocycles. The van der Waals surface area contributed by atoms with Gasteiger partial charge in [-0.3, -0.25) is 4.79 Å². The third kappa shape index (κ3) is 3.49. The molecule has 0 aromatic heterocycles. The molecule has 26 heavy (non-hydrogen) atoms. The number of esters is 1. The van der Waals surface area contributed by atoms with Crippen LogP contribution < -0.4 is 14.4 Å². The summed E-state index contributed by atoms with van der Waals surface area (Å²) in [5, 5.41) is 0. The zero-order valence-electron chi connectivity index (χ0n) is 15.0. The van der Waals surface area contributed by atoms with Gasteiger partial charge in [-0.1, -0.05) is 0 Å². The van der Waals surface area contributed by atoms with Crippen molar-refractivity contribution in [2.75, 3.05) is 25.7 Å². The van der Waals surface area contributed by atoms with E-state index < -0.39 is 6.10 Å². The number of rotatable bonds is 5. The number of methoxy groups -OCH3 is 2. The highest BCUT2D eigenvalue weighted by atomic mass is 16.5. The Balaban J connectivity index is 1.72. The van der Waals surface area contributed by atoms with Crippen molar-refractivity contribution in [2.45, 2.75) is 19.4 Å². The lowest BCUT2D eigenvalue weighted by Crippen LogP contribution is -2.39. The Hall–Kier alpha value is -3.02. The van der Waals surface area contributed by atoms with Crippen LogP contribution in [0.25, 0.3) is 0 Å². The summed E-state index contributed by atoms with van der Waals surface area (Å²) in [7, 11) is 2.95. The van der Waals surface area contributed by atoms with Crippen molar-refractivity contribution in [3.05, 3.63) is 53.6 Å². The van der Waals surface area contributed by atoms with E-state index in [1.54, 1.807) is 61.4 Å². The van der Waals surface area contributed by atoms with Crippen molar-refractivity contribution in [3.63, 3.8) is 0 Å². The number of ether oxygens (including phenoxy) is 3. The van der Waals surface area contributed by atoms with Crippen LogP contribution in [0.15, 0.2) is 42.5 Å². The van der Waals surface area contributed by atoms with E-state index in [2.05, 4.69) is 0 Å². The average Bonchev–Trinajstić information content (AvgIpc) is 3.10. The van der Waals surface area contributed by atoms with Gasteiger partial charge in [0.05, 0.1) is 19.8 Å². The van der Waals surface area contributed by atoms with Crippen LogP contribution in [0, 0.1) is 0 Å². The molecule has 0 radical (unpaired) electrons. The van der Waals surface area contributed by atoms with Gasteiger partial charge in [-0.05, 0) is 61.4 Å². The van der Waals surface area contributed by atoms with E-state index in [9.17, 15) is 9.59 Å². The maximum Gasteiger partial charge on any atom is 0.337 e. The van der Waals surface area contributed by atoms with E-state index in [-0.39, 0.29) is 11.9 Å². The summed E-state index contributed by atoms with van der Waals surface area (Å²) in [6, 6.07) is 12.3. The molecule has 0 unspecified atom stereocenters. The molecule has 1 atom stereocenters. The SMILES string of the molecule is COC(=O)c1ccc2c(c1)CCN2C(=O)[C@H](C)Oc1ccc(OC)cc1. The highest BCUT2D eigenvalue weighted by molar-refractivity contribution is 5.99. The number of fused-ring (bicyclic) bond motifs is 1. The molecule has 3 rings (SSSR count). The van der Waals surface area contributed by atoms with Gasteiger partial charge in [0.1, 0.15) is 11.5 Å². The monoisotopic (exact) mass is 355 g/mol. The lowest BCUT2D eigenvalue weighted by Gasteiger charge is -2.22. The Bertz CT molecular complexity index is 815. The van der Waals surface area contributed by atoms with Crippen LogP contribution in [0.4, 0.5) is 5.69 Å². The topological polar surface area (TPSA) is 65.1 Å². The van der Waals surface area contributed by atoms with Crippen molar-refractivity contribution in [1.82, 2.24) is 0 Å². The minimum absolute atomic E-state index is 0.120. The maximum absolute atomic E-state index is 12.8. The second-order valence-electron chi connectivity index (χ2n) is 6.01. The van der Waals surface area contributed by atoms with E-state index in [0.29, 0.717) is 24.3 Å². The number of nitrogens with zero attached hydrogens (tertiary/aromatic N) is 1. The van der Waals surface area contributed by atoms with Gasteiger partial charge in [-0.25, -0.2) is 4.79 Å². The lowest BCUT2D eigenvalue weighted by atomic mass is 10.1. The van der Waals surface area contributed by atoms with Gasteiger partial charge in [0.2, 0.25) is 0 Å². The molecule has 1 aliphatic rings. The molecule has 2 aromatic carbocycles. The smallest absolute Gasteiger partial charge is 0.337 e. The Morgan fingerprint density at radius 2 is 1.73 bits per heavy atom. The molecule has 0 spiro atoms. The lowest BCUT2D eigenvalue weighted by molar-refractivity contribution is -0.124. The van der Waals surface area contributed by atoms with E-state index in [0.717, 1.165) is 17.0 Å². The summed E-state index contributed by atoms with van der Waals surface area (Å²) >= 11 is 0. The van der Waals surface area contributed by atoms with Gasteiger partial charge in [-0.15, -0.1) is 0 Å². The summed E-state index contributed by atoms with van der Waals surface area (Å²) in [5.41, 5.74) is 2.26. The van der Waals surface area contributed by atoms with Crippen molar-refractivity contribution in [1.29, 1.82) is 0 Å². The summed E-state index contributed by atoms with van der Waals surface area (Å²) in [6.45, 7) is 2.29. The van der Waals surface area contributed by atoms with Crippen molar-refractivity contribution < 1.29 is 23.8 Å². The fourth-order valence-electron chi connectivity index (χ4n) is 3.00. The quantitative estimate of drug-likeness (QED) is 0.772. The molecular formula is C20H21NO5. The first kappa shape index (κ1) is 17.8. The van der Waals surface area contributed by atoms with Crippen molar-refractivity contribution >= 4 is 17.6 Å². The molecule has 0 bridgehead atoms. The minimum Gasteiger partial charge on any atom is -0.497 e. The minimum atomic E-state index is -0.630. The van der Waals surface area contributed by atoms with Gasteiger partial charge in [0, 0.05) is 12.2 Å². The van der Waals surface area contributed by atoms with Crippen LogP contribution in [-0.4, -0.2) is 38.7 Å². The van der Waals surface area contributed by atoms with Crippen molar-refractivity contribution in [3.8, 4) is 11.5 Å². The van der Waals surface area contributed by atoms with E-state index in [1.807, 2.05) is 0 Å². The molecule has 136 valence electrons. The molecule has 1 aliphatic heterocycles. The zero-order chi connectivity index (χ0) is 18.7. The second kappa shape index (κ2) is 7.47. The Labute approximate surface area is 152 Å². The molecule has 6 heteroatoms. The number of carbonyl (C=O) groups excluding carboxylic acids is 2. The highest BCUT2D eigenvalue weighted by Gasteiger charge is 2.29. The van der Waals surface area contributed by atoms with E-state index in [4.69, 9.17) is 14.2 Å². The third-order valence-corrected chi connectivity index (χ3v) is 4.38. The zero-order valence-corrected chi connectivity index (χ0v) is 15.0. The average molecular weight is 355 g/mol. The summed E-state index contributed by atoms with van der Waals surface area (Å²) in [4.78, 5) is 26.1. The Kier molecular flexibility index (Phi) is 5.11. The number of hydrogen-bond donors (Lipinski definition) is 0. The fraction of sp³-hybridized carbons (Fsp3) is 0.300. The predicted octanol–water partition coefficient (Wildman–Crippen LogP) is 2.84. The van der Waals surface area contributed by atoms with E-state index >= 15 is 0 Å². The van der Waals surface area contributed by atoms with Crippen LogP contribution in [0.5, 0.6) is 11.5 Å². The Morgan fingerprint density at radius 1 is 1.04 bits per heavy atom. The summed E-state index contributed by atoms with van der Waals surface area (Å²) in [6.07, 6.45) is 0.0656. The highest BCUT2D eigenvalue weighted by Crippen LogP contribution is 2.30. The molecule has 1 heterocycles. The predicted molar refractivity (Wildman–Crippen MR) is 96.9 cm³/mol. The van der Waals surface area contributed by atoms with Crippen LogP contribution in [-0.2, 0) is 16.0 Å². The number of amides is 1. The first-order chi connectivity index (χ1) is 12.5. The third-order valence-electron chi connectivity index (χ3n) is 4.38. The van der Waals surface area contributed by atoms with Gasteiger partial charge >= 0.3 is 5.97 Å². The second-order valence-corrected chi connectivity index (χ2v) is 6.01. The first-order valence-corrected chi connectivity index (χ1v) is 8.37. The number of benzene rings is 2. The van der Waals surface area contributed by atoms with Gasteiger partial charge in [0.25, 0.3) is 5.91 Å². The van der Waals surface area contributed by atoms with Crippen LogP contribution >= 0.6 is 0 Å². The molecule has 0 N–H and O–H groups in total. The molecule has 1 amide bonds. The standard InChI is InChI=1S/C20H21NO5/c1-13(26-17-7-5-16(24-2)6-8-17)19(22)21-11-10-14-12-15(20(23)25-3)4-9-18(14)21/h4-9,12-13H,10-11H2,1-3H3/t13-/m0/s1. The largest absolute Gasteiger partial charge is 0.497 e. The molecular weight excluding hydrogens is 334 g/mol. The van der Waals surface area contributed by atoms with Gasteiger partial charge < -0.3 is 19.1 Å². The first-order valence-electron chi connectivity index (χ1n) is 8.37. The Morgan fingerprint density at radius 3 is 2.38 bits per heavy atom. The number of hydrogen-bond acceptors (Lipinski definition) is 5. The van der Waals surface area contributed by atoms with Crippen molar-refractivity contribution in [2.24, 2.45) is 0 Å². The van der Waals surface area contributed by atoms with E-state index in [1.165, 1.54) is 7.11 Å². The molecule has 2 aromatic rings. The van der Waals surface area contributed by atoms with Crippen LogP contribution in [0.2, 0.25) is 0 Å². The molecule has 0 saturated heterocycles. The molecule has 0 fully saturated rings. The summed E-state index contributed by atoms with van der Waals surface area (Å²) < 4.78 is 15.6. The maximum atomic E-state index is 12.8. The molecule has 0 aliphatic carbocycles. The summed E-state index contributed by atoms with van der Waals surface area (Å²) in [5.74, 6) is 0.831. The normalized spacial score (nSPS) is 13.7. The van der Waals surface area contributed by atoms with Crippen LogP contribution in [0.3, 0.4) is 0 Å². The van der Waals surface area contributed by atoms with Gasteiger partial charge in [-0.2, -0.15) is 0 Å². The fourth-order valence-corrected chi connectivity index (χ4v) is 3.00. The van der Waals surface area contributed by atoms with Crippen LogP contribution in [0.1, 0.15) is 22.8 Å². The number of carbonyl (C=O) groups is 2. The molecule has 6 nitrogen and oxygen atoms in total. The van der Waals surface area contributed by atoms with Gasteiger partial charge in [0.15, 0.2) is 6.10 Å². The number of anilines is 1.